The molecule has 1 fully saturated rings. The van der Waals surface area contributed by atoms with E-state index in [0.29, 0.717) is 6.10 Å². The van der Waals surface area contributed by atoms with Gasteiger partial charge in [-0.3, -0.25) is 0 Å². The third-order valence-corrected chi connectivity index (χ3v) is 3.20. The molecule has 1 aromatic carbocycles. The second kappa shape index (κ2) is 5.58. The van der Waals surface area contributed by atoms with Gasteiger partial charge in [0.15, 0.2) is 0 Å². The number of halogens is 1. The summed E-state index contributed by atoms with van der Waals surface area (Å²) in [5.41, 5.74) is 1.28. The topological polar surface area (TPSA) is 9.23 Å². The highest BCUT2D eigenvalue weighted by Gasteiger charge is 2.16. The molecule has 1 aliphatic carbocycles. The first kappa shape index (κ1) is 11.8. The minimum absolute atomic E-state index is 0.196. The highest BCUT2D eigenvalue weighted by Crippen LogP contribution is 2.24. The van der Waals surface area contributed by atoms with Gasteiger partial charge in [0, 0.05) is 5.38 Å². The molecule has 1 unspecified atom stereocenters. The lowest BCUT2D eigenvalue weighted by Gasteiger charge is -2.13. The van der Waals surface area contributed by atoms with E-state index < -0.39 is 0 Å². The van der Waals surface area contributed by atoms with Gasteiger partial charge in [-0.25, -0.2) is 0 Å². The van der Waals surface area contributed by atoms with Crippen LogP contribution in [0.1, 0.15) is 38.2 Å². The van der Waals surface area contributed by atoms with Crippen molar-refractivity contribution in [1.29, 1.82) is 0 Å². The first-order valence-corrected chi connectivity index (χ1v) is 6.57. The predicted molar refractivity (Wildman–Crippen MR) is 68.3 cm³/mol. The van der Waals surface area contributed by atoms with Gasteiger partial charge >= 0.3 is 0 Å². The molecule has 1 atom stereocenters. The number of alkyl halides is 1. The lowest BCUT2D eigenvalue weighted by molar-refractivity contribution is 0.210. The molecular weight excluding hydrogens is 220 g/mol. The van der Waals surface area contributed by atoms with Crippen molar-refractivity contribution in [2.75, 3.05) is 0 Å². The highest BCUT2D eigenvalue weighted by atomic mass is 35.5. The van der Waals surface area contributed by atoms with Crippen LogP contribution in [0, 0.1) is 0 Å². The van der Waals surface area contributed by atoms with Crippen LogP contribution in [-0.2, 0) is 6.42 Å². The Hall–Kier alpha value is -0.690. The molecule has 0 aromatic heterocycles. The largest absolute Gasteiger partial charge is 0.490 e. The van der Waals surface area contributed by atoms with Gasteiger partial charge in [-0.1, -0.05) is 12.1 Å². The molecule has 2 heteroatoms. The number of hydrogen-bond acceptors (Lipinski definition) is 1. The Morgan fingerprint density at radius 1 is 1.25 bits per heavy atom. The molecule has 1 aliphatic rings. The SMILES string of the molecule is CC(Cl)Cc1ccc(OC2CCCC2)cc1. The van der Waals surface area contributed by atoms with E-state index in [4.69, 9.17) is 16.3 Å². The van der Waals surface area contributed by atoms with Gasteiger partial charge in [0.2, 0.25) is 0 Å². The molecule has 0 saturated heterocycles. The number of ether oxygens (including phenoxy) is 1. The monoisotopic (exact) mass is 238 g/mol. The van der Waals surface area contributed by atoms with Crippen LogP contribution in [0.5, 0.6) is 5.75 Å². The Morgan fingerprint density at radius 2 is 1.88 bits per heavy atom. The second-order valence-corrected chi connectivity index (χ2v) is 5.40. The van der Waals surface area contributed by atoms with Crippen molar-refractivity contribution in [2.24, 2.45) is 0 Å². The minimum atomic E-state index is 0.196. The van der Waals surface area contributed by atoms with Gasteiger partial charge < -0.3 is 4.74 Å². The van der Waals surface area contributed by atoms with Crippen LogP contribution >= 0.6 is 11.6 Å². The van der Waals surface area contributed by atoms with E-state index in [9.17, 15) is 0 Å². The average Bonchev–Trinajstić information content (AvgIpc) is 2.73. The summed E-state index contributed by atoms with van der Waals surface area (Å²) in [6, 6.07) is 8.35. The van der Waals surface area contributed by atoms with E-state index in [2.05, 4.69) is 24.3 Å². The zero-order chi connectivity index (χ0) is 11.4. The maximum Gasteiger partial charge on any atom is 0.119 e. The van der Waals surface area contributed by atoms with Crippen LogP contribution in [0.15, 0.2) is 24.3 Å². The van der Waals surface area contributed by atoms with Crippen LogP contribution in [0.3, 0.4) is 0 Å². The maximum absolute atomic E-state index is 5.96. The Balaban J connectivity index is 1.90. The fraction of sp³-hybridized carbons (Fsp3) is 0.571. The van der Waals surface area contributed by atoms with E-state index >= 15 is 0 Å². The lowest BCUT2D eigenvalue weighted by Crippen LogP contribution is -2.10. The molecule has 0 amide bonds. The molecule has 0 N–H and O–H groups in total. The number of benzene rings is 1. The van der Waals surface area contributed by atoms with Crippen molar-refractivity contribution in [3.63, 3.8) is 0 Å². The molecule has 0 bridgehead atoms. The summed E-state index contributed by atoms with van der Waals surface area (Å²) in [6.07, 6.45) is 6.41. The molecule has 0 aliphatic heterocycles. The smallest absolute Gasteiger partial charge is 0.119 e. The Bertz CT molecular complexity index is 312. The van der Waals surface area contributed by atoms with Gasteiger partial charge in [-0.15, -0.1) is 11.6 Å². The van der Waals surface area contributed by atoms with E-state index in [1.165, 1.54) is 31.2 Å². The Labute approximate surface area is 103 Å². The minimum Gasteiger partial charge on any atom is -0.490 e. The zero-order valence-electron chi connectivity index (χ0n) is 9.79. The van der Waals surface area contributed by atoms with Crippen molar-refractivity contribution in [3.8, 4) is 5.75 Å². The van der Waals surface area contributed by atoms with Gasteiger partial charge in [0.05, 0.1) is 6.10 Å². The fourth-order valence-corrected chi connectivity index (χ4v) is 2.41. The summed E-state index contributed by atoms with van der Waals surface area (Å²) in [5.74, 6) is 0.998. The molecule has 1 nitrogen and oxygen atoms in total. The van der Waals surface area contributed by atoms with E-state index in [-0.39, 0.29) is 5.38 Å². The first-order valence-electron chi connectivity index (χ1n) is 6.14. The molecule has 88 valence electrons. The maximum atomic E-state index is 5.96. The van der Waals surface area contributed by atoms with E-state index in [1.807, 2.05) is 6.92 Å². The molecule has 1 saturated carbocycles. The quantitative estimate of drug-likeness (QED) is 0.716. The molecule has 2 rings (SSSR count). The average molecular weight is 239 g/mol. The van der Waals surface area contributed by atoms with Gasteiger partial charge in [-0.2, -0.15) is 0 Å². The van der Waals surface area contributed by atoms with Crippen molar-refractivity contribution >= 4 is 11.6 Å². The van der Waals surface area contributed by atoms with Crippen molar-refractivity contribution in [3.05, 3.63) is 29.8 Å². The number of rotatable bonds is 4. The molecule has 16 heavy (non-hydrogen) atoms. The highest BCUT2D eigenvalue weighted by molar-refractivity contribution is 6.20. The third-order valence-electron chi connectivity index (χ3n) is 3.05. The van der Waals surface area contributed by atoms with Crippen molar-refractivity contribution < 1.29 is 4.74 Å². The van der Waals surface area contributed by atoms with E-state index in [1.54, 1.807) is 0 Å². The fourth-order valence-electron chi connectivity index (χ4n) is 2.23. The van der Waals surface area contributed by atoms with Crippen LogP contribution in [0.25, 0.3) is 0 Å². The van der Waals surface area contributed by atoms with Gasteiger partial charge in [0.1, 0.15) is 5.75 Å². The predicted octanol–water partition coefficient (Wildman–Crippen LogP) is 4.18. The normalized spacial score (nSPS) is 18.6. The Kier molecular flexibility index (Phi) is 4.11. The van der Waals surface area contributed by atoms with Gasteiger partial charge in [0.25, 0.3) is 0 Å². The summed E-state index contributed by atoms with van der Waals surface area (Å²) in [6.45, 7) is 2.02. The second-order valence-electron chi connectivity index (χ2n) is 4.65. The van der Waals surface area contributed by atoms with Gasteiger partial charge in [-0.05, 0) is 56.7 Å². The summed E-state index contributed by atoms with van der Waals surface area (Å²) in [5, 5.41) is 0.196. The third kappa shape index (κ3) is 3.41. The summed E-state index contributed by atoms with van der Waals surface area (Å²) >= 11 is 5.96. The summed E-state index contributed by atoms with van der Waals surface area (Å²) in [7, 11) is 0. The Morgan fingerprint density at radius 3 is 2.44 bits per heavy atom. The van der Waals surface area contributed by atoms with Crippen molar-refractivity contribution in [2.45, 2.75) is 50.5 Å². The lowest BCUT2D eigenvalue weighted by atomic mass is 10.1. The van der Waals surface area contributed by atoms with E-state index in [0.717, 1.165) is 12.2 Å². The molecule has 0 radical (unpaired) electrons. The van der Waals surface area contributed by atoms with Crippen LogP contribution < -0.4 is 4.74 Å². The van der Waals surface area contributed by atoms with Crippen LogP contribution in [0.4, 0.5) is 0 Å². The van der Waals surface area contributed by atoms with Crippen LogP contribution in [-0.4, -0.2) is 11.5 Å². The van der Waals surface area contributed by atoms with Crippen LogP contribution in [0.2, 0.25) is 0 Å². The summed E-state index contributed by atoms with van der Waals surface area (Å²) < 4.78 is 5.90. The molecule has 1 aromatic rings. The molecule has 0 heterocycles. The number of hydrogen-bond donors (Lipinski definition) is 0. The first-order chi connectivity index (χ1) is 7.74. The molecule has 0 spiro atoms. The van der Waals surface area contributed by atoms with Crippen molar-refractivity contribution in [1.82, 2.24) is 0 Å². The molecular formula is C14H19ClO. The zero-order valence-corrected chi connectivity index (χ0v) is 10.5. The standard InChI is InChI=1S/C14H19ClO/c1-11(15)10-12-6-8-14(9-7-12)16-13-4-2-3-5-13/h6-9,11,13H,2-5,10H2,1H3. The summed E-state index contributed by atoms with van der Waals surface area (Å²) in [4.78, 5) is 0.